The number of aryl methyl sites for hydroxylation is 1. The van der Waals surface area contributed by atoms with Crippen LogP contribution >= 0.6 is 0 Å². The minimum absolute atomic E-state index is 0.133. The number of nitrogens with zero attached hydrogens (tertiary/aromatic N) is 3. The molecule has 118 valence electrons. The molecule has 1 aromatic heterocycles. The van der Waals surface area contributed by atoms with Gasteiger partial charge in [0.1, 0.15) is 0 Å². The Bertz CT molecular complexity index is 619. The molecule has 0 aliphatic carbocycles. The fourth-order valence-corrected chi connectivity index (χ4v) is 1.80. The zero-order valence-electron chi connectivity index (χ0n) is 12.3. The van der Waals surface area contributed by atoms with Gasteiger partial charge < -0.3 is 10.4 Å². The highest BCUT2D eigenvalue weighted by atomic mass is 16.6. The van der Waals surface area contributed by atoms with Gasteiger partial charge in [0, 0.05) is 19.1 Å². The molecule has 0 aliphatic rings. The van der Waals surface area contributed by atoms with E-state index in [1.165, 1.54) is 0 Å². The van der Waals surface area contributed by atoms with Crippen molar-refractivity contribution in [2.75, 3.05) is 6.54 Å². The summed E-state index contributed by atoms with van der Waals surface area (Å²) in [4.78, 5) is 34.0. The van der Waals surface area contributed by atoms with Crippen LogP contribution in [0.1, 0.15) is 20.8 Å². The highest BCUT2D eigenvalue weighted by molar-refractivity contribution is 5.21. The van der Waals surface area contributed by atoms with E-state index in [1.54, 1.807) is 6.92 Å². The van der Waals surface area contributed by atoms with Crippen LogP contribution in [0.15, 0.2) is 15.8 Å². The molecule has 0 amide bonds. The van der Waals surface area contributed by atoms with Gasteiger partial charge in [-0.15, -0.1) is 0 Å². The van der Waals surface area contributed by atoms with E-state index in [1.807, 2.05) is 13.8 Å². The summed E-state index contributed by atoms with van der Waals surface area (Å²) in [6.45, 7) is 5.49. The molecule has 9 heteroatoms. The number of nitro groups is 1. The molecule has 21 heavy (non-hydrogen) atoms. The Hall–Kier alpha value is -2.00. The predicted octanol–water partition coefficient (Wildman–Crippen LogP) is -0.703. The first kappa shape index (κ1) is 17.1. The first-order valence-electron chi connectivity index (χ1n) is 6.68. The summed E-state index contributed by atoms with van der Waals surface area (Å²) in [5.41, 5.74) is -2.35. The van der Waals surface area contributed by atoms with Gasteiger partial charge in [0.05, 0.1) is 23.8 Å². The molecule has 0 fully saturated rings. The van der Waals surface area contributed by atoms with Gasteiger partial charge in [0.2, 0.25) is 0 Å². The van der Waals surface area contributed by atoms with Gasteiger partial charge in [-0.05, 0) is 6.92 Å². The molecule has 0 saturated heterocycles. The molecule has 0 aromatic carbocycles. The third-order valence-corrected chi connectivity index (χ3v) is 2.91. The van der Waals surface area contributed by atoms with Crippen molar-refractivity contribution in [3.05, 3.63) is 37.1 Å². The number of rotatable bonds is 7. The Morgan fingerprint density at radius 1 is 1.43 bits per heavy atom. The van der Waals surface area contributed by atoms with E-state index in [0.717, 1.165) is 10.8 Å². The van der Waals surface area contributed by atoms with Crippen molar-refractivity contribution in [1.29, 1.82) is 0 Å². The Morgan fingerprint density at radius 3 is 2.52 bits per heavy atom. The van der Waals surface area contributed by atoms with Gasteiger partial charge in [-0.25, -0.2) is 4.79 Å². The lowest BCUT2D eigenvalue weighted by Crippen LogP contribution is -2.45. The highest BCUT2D eigenvalue weighted by Crippen LogP contribution is 2.01. The summed E-state index contributed by atoms with van der Waals surface area (Å²) < 4.78 is 1.77. The van der Waals surface area contributed by atoms with E-state index in [2.05, 4.69) is 5.32 Å². The molecule has 0 bridgehead atoms. The number of aromatic nitrogens is 2. The van der Waals surface area contributed by atoms with Crippen LogP contribution in [0.2, 0.25) is 0 Å². The molecule has 2 N–H and O–H groups in total. The number of nitrogens with one attached hydrogen (secondary N) is 1. The number of hydrogen-bond donors (Lipinski definition) is 2. The highest BCUT2D eigenvalue weighted by Gasteiger charge is 2.21. The smallest absolute Gasteiger partial charge is 0.350 e. The molecule has 1 aromatic rings. The summed E-state index contributed by atoms with van der Waals surface area (Å²) >= 11 is 0. The molecule has 1 heterocycles. The van der Waals surface area contributed by atoms with Crippen molar-refractivity contribution in [2.45, 2.75) is 46.0 Å². The zero-order valence-corrected chi connectivity index (χ0v) is 12.3. The second-order valence-corrected chi connectivity index (χ2v) is 4.97. The maximum absolute atomic E-state index is 12.0. The summed E-state index contributed by atoms with van der Waals surface area (Å²) in [5, 5.41) is 23.7. The molecule has 1 atom stereocenters. The van der Waals surface area contributed by atoms with Crippen LogP contribution in [0.5, 0.6) is 0 Å². The molecule has 9 nitrogen and oxygen atoms in total. The van der Waals surface area contributed by atoms with Crippen LogP contribution in [-0.2, 0) is 13.1 Å². The Morgan fingerprint density at radius 2 is 2.05 bits per heavy atom. The molecule has 0 radical (unpaired) electrons. The molecular weight excluding hydrogens is 280 g/mol. The third kappa shape index (κ3) is 4.23. The van der Waals surface area contributed by atoms with Crippen molar-refractivity contribution >= 4 is 5.69 Å². The Balaban J connectivity index is 3.16. The van der Waals surface area contributed by atoms with Crippen molar-refractivity contribution in [2.24, 2.45) is 0 Å². The topological polar surface area (TPSA) is 119 Å². The SMILES string of the molecule is CCn1cc([N+](=O)[O-])c(=O)n(CC(O)CNC(C)C)c1=O. The Kier molecular flexibility index (Phi) is 5.79. The Labute approximate surface area is 121 Å². The largest absolute Gasteiger partial charge is 0.390 e. The average molecular weight is 300 g/mol. The number of aliphatic hydroxyl groups is 1. The van der Waals surface area contributed by atoms with Gasteiger partial charge in [-0.3, -0.25) is 24.0 Å². The van der Waals surface area contributed by atoms with Crippen LogP contribution in [0.3, 0.4) is 0 Å². The third-order valence-electron chi connectivity index (χ3n) is 2.91. The van der Waals surface area contributed by atoms with Crippen molar-refractivity contribution < 1.29 is 10.0 Å². The van der Waals surface area contributed by atoms with E-state index in [4.69, 9.17) is 0 Å². The van der Waals surface area contributed by atoms with E-state index in [0.29, 0.717) is 4.57 Å². The van der Waals surface area contributed by atoms with Gasteiger partial charge in [0.15, 0.2) is 0 Å². The van der Waals surface area contributed by atoms with Gasteiger partial charge >= 0.3 is 16.9 Å². The van der Waals surface area contributed by atoms with Crippen LogP contribution in [0.4, 0.5) is 5.69 Å². The molecule has 1 unspecified atom stereocenters. The van der Waals surface area contributed by atoms with E-state index in [9.17, 15) is 24.8 Å². The average Bonchev–Trinajstić information content (AvgIpc) is 2.41. The minimum atomic E-state index is -1.00. The molecule has 0 aliphatic heterocycles. The van der Waals surface area contributed by atoms with E-state index >= 15 is 0 Å². The summed E-state index contributed by atoms with van der Waals surface area (Å²) in [7, 11) is 0. The summed E-state index contributed by atoms with van der Waals surface area (Å²) in [6, 6.07) is 0.133. The fourth-order valence-electron chi connectivity index (χ4n) is 1.80. The van der Waals surface area contributed by atoms with E-state index < -0.39 is 28.0 Å². The van der Waals surface area contributed by atoms with Crippen molar-refractivity contribution in [3.63, 3.8) is 0 Å². The zero-order chi connectivity index (χ0) is 16.2. The molecule has 0 saturated carbocycles. The van der Waals surface area contributed by atoms with Crippen LogP contribution < -0.4 is 16.6 Å². The normalized spacial score (nSPS) is 12.6. The molecule has 0 spiro atoms. The van der Waals surface area contributed by atoms with Gasteiger partial charge in [0.25, 0.3) is 0 Å². The standard InChI is InChI=1S/C12H20N4O5/c1-4-14-7-10(16(20)21)11(18)15(12(14)19)6-9(17)5-13-8(2)3/h7-9,13,17H,4-6H2,1-3H3. The van der Waals surface area contributed by atoms with Crippen molar-refractivity contribution in [3.8, 4) is 0 Å². The lowest BCUT2D eigenvalue weighted by atomic mass is 10.3. The van der Waals surface area contributed by atoms with Crippen LogP contribution in [-0.4, -0.2) is 37.9 Å². The lowest BCUT2D eigenvalue weighted by Gasteiger charge is -2.15. The predicted molar refractivity (Wildman–Crippen MR) is 76.4 cm³/mol. The quantitative estimate of drug-likeness (QED) is 0.507. The van der Waals surface area contributed by atoms with Crippen LogP contribution in [0.25, 0.3) is 0 Å². The first-order valence-corrected chi connectivity index (χ1v) is 6.68. The summed E-state index contributed by atoms with van der Waals surface area (Å²) in [6.07, 6.45) is -0.0648. The van der Waals surface area contributed by atoms with Crippen LogP contribution in [0, 0.1) is 10.1 Å². The number of hydrogen-bond acceptors (Lipinski definition) is 6. The van der Waals surface area contributed by atoms with Gasteiger partial charge in [-0.2, -0.15) is 0 Å². The van der Waals surface area contributed by atoms with E-state index in [-0.39, 0.29) is 25.7 Å². The van der Waals surface area contributed by atoms with Gasteiger partial charge in [-0.1, -0.05) is 13.8 Å². The maximum Gasteiger partial charge on any atom is 0.350 e. The number of aliphatic hydroxyl groups excluding tert-OH is 1. The first-order chi connectivity index (χ1) is 9.77. The fraction of sp³-hybridized carbons (Fsp3) is 0.667. The second kappa shape index (κ2) is 7.14. The minimum Gasteiger partial charge on any atom is -0.390 e. The summed E-state index contributed by atoms with van der Waals surface area (Å²) in [5.74, 6) is 0. The monoisotopic (exact) mass is 300 g/mol. The molecule has 1 rings (SSSR count). The maximum atomic E-state index is 12.0. The van der Waals surface area contributed by atoms with Crippen molar-refractivity contribution in [1.82, 2.24) is 14.5 Å². The lowest BCUT2D eigenvalue weighted by molar-refractivity contribution is -0.387. The molecular formula is C12H20N4O5. The second-order valence-electron chi connectivity index (χ2n) is 4.97.